The molecule has 1 aromatic rings. The van der Waals surface area contributed by atoms with E-state index in [-0.39, 0.29) is 11.5 Å². The number of aliphatic imine (C=N–C) groups is 1. The average Bonchev–Trinajstić information content (AvgIpc) is 2.48. The summed E-state index contributed by atoms with van der Waals surface area (Å²) in [5.41, 5.74) is 10.2. The largest absolute Gasteiger partial charge is 0.289 e. The number of nitrogens with zero attached hydrogens (tertiary/aromatic N) is 4. The monoisotopic (exact) mass is 358 g/mol. The second kappa shape index (κ2) is 6.51. The van der Waals surface area contributed by atoms with E-state index in [0.29, 0.717) is 22.4 Å². The van der Waals surface area contributed by atoms with Crippen molar-refractivity contribution in [1.82, 2.24) is 0 Å². The summed E-state index contributed by atoms with van der Waals surface area (Å²) in [6, 6.07) is 6.79. The third kappa shape index (κ3) is 3.21. The molecule has 0 aromatic heterocycles. The number of amides is 1. The highest BCUT2D eigenvalue weighted by Crippen LogP contribution is 2.22. The maximum atomic E-state index is 12.2. The Hall–Kier alpha value is -2.50. The highest BCUT2D eigenvalue weighted by atomic mass is 79.9. The van der Waals surface area contributed by atoms with E-state index in [1.54, 1.807) is 38.1 Å². The van der Waals surface area contributed by atoms with Crippen LogP contribution in [0.25, 0.3) is 10.4 Å². The van der Waals surface area contributed by atoms with Crippen molar-refractivity contribution in [1.29, 1.82) is 0 Å². The fourth-order valence-electron chi connectivity index (χ4n) is 2.03. The normalized spacial score (nSPS) is 16.4. The molecule has 1 aliphatic rings. The Kier molecular flexibility index (Phi) is 4.70. The third-order valence-electron chi connectivity index (χ3n) is 3.11. The fourth-order valence-corrected chi connectivity index (χ4v) is 2.29. The van der Waals surface area contributed by atoms with E-state index in [9.17, 15) is 9.59 Å². The molecule has 0 unspecified atom stereocenters. The van der Waals surface area contributed by atoms with Crippen LogP contribution in [-0.2, 0) is 4.79 Å². The standard InChI is InChI=1S/C15H11BrN4O2/c1-8-7-12(21)14(19-20-17)9(2)13(8)18-15(22)10-3-5-11(16)6-4-10/h3-7H,1-2H3. The number of hydrogen-bond acceptors (Lipinski definition) is 3. The zero-order chi connectivity index (χ0) is 16.3. The van der Waals surface area contributed by atoms with Crippen LogP contribution in [0.5, 0.6) is 0 Å². The van der Waals surface area contributed by atoms with Crippen molar-refractivity contribution < 1.29 is 9.59 Å². The molecule has 0 atom stereocenters. The van der Waals surface area contributed by atoms with Gasteiger partial charge in [0.15, 0.2) is 5.78 Å². The lowest BCUT2D eigenvalue weighted by Gasteiger charge is -2.14. The molecule has 1 amide bonds. The molecule has 1 aliphatic carbocycles. The van der Waals surface area contributed by atoms with Crippen molar-refractivity contribution >= 4 is 33.3 Å². The number of hydrogen-bond donors (Lipinski definition) is 0. The summed E-state index contributed by atoms with van der Waals surface area (Å²) in [5, 5.41) is 3.39. The smallest absolute Gasteiger partial charge is 0.277 e. The maximum absolute atomic E-state index is 12.2. The number of halogens is 1. The minimum atomic E-state index is -0.427. The number of azide groups is 1. The van der Waals surface area contributed by atoms with E-state index >= 15 is 0 Å². The summed E-state index contributed by atoms with van der Waals surface area (Å²) in [4.78, 5) is 30.7. The van der Waals surface area contributed by atoms with Gasteiger partial charge in [0.05, 0.1) is 11.4 Å². The quantitative estimate of drug-likeness (QED) is 0.343. The van der Waals surface area contributed by atoms with E-state index < -0.39 is 5.91 Å². The fraction of sp³-hybridized carbons (Fsp3) is 0.133. The van der Waals surface area contributed by atoms with Gasteiger partial charge in [-0.15, -0.1) is 0 Å². The van der Waals surface area contributed by atoms with Crippen LogP contribution in [0, 0.1) is 0 Å². The van der Waals surface area contributed by atoms with E-state index in [1.165, 1.54) is 6.08 Å². The molecule has 0 heterocycles. The molecule has 0 fully saturated rings. The van der Waals surface area contributed by atoms with Crippen LogP contribution >= 0.6 is 15.9 Å². The van der Waals surface area contributed by atoms with Crippen molar-refractivity contribution in [3.8, 4) is 0 Å². The van der Waals surface area contributed by atoms with Crippen LogP contribution in [0.15, 0.2) is 61.8 Å². The van der Waals surface area contributed by atoms with Crippen LogP contribution in [0.2, 0.25) is 0 Å². The van der Waals surface area contributed by atoms with Crippen molar-refractivity contribution in [3.05, 3.63) is 67.7 Å². The maximum Gasteiger partial charge on any atom is 0.277 e. The molecule has 0 saturated heterocycles. The van der Waals surface area contributed by atoms with Gasteiger partial charge in [0.25, 0.3) is 5.91 Å². The molecule has 7 heteroatoms. The Labute approximate surface area is 135 Å². The topological polar surface area (TPSA) is 95.3 Å². The zero-order valence-electron chi connectivity index (χ0n) is 11.9. The SMILES string of the molecule is CC1=CC(=O)C(N=[N+]=[N-])=C(C)C1=NC(=O)c1ccc(Br)cc1. The highest BCUT2D eigenvalue weighted by molar-refractivity contribution is 9.10. The number of benzene rings is 1. The Bertz CT molecular complexity index is 797. The van der Waals surface area contributed by atoms with E-state index in [4.69, 9.17) is 5.53 Å². The molecule has 22 heavy (non-hydrogen) atoms. The molecule has 0 saturated carbocycles. The van der Waals surface area contributed by atoms with Gasteiger partial charge in [0.1, 0.15) is 0 Å². The molecule has 6 nitrogen and oxygen atoms in total. The average molecular weight is 359 g/mol. The van der Waals surface area contributed by atoms with Gasteiger partial charge in [-0.2, -0.15) is 0 Å². The van der Waals surface area contributed by atoms with Crippen molar-refractivity contribution in [3.63, 3.8) is 0 Å². The van der Waals surface area contributed by atoms with Crippen LogP contribution in [0.3, 0.4) is 0 Å². The first-order chi connectivity index (χ1) is 10.4. The van der Waals surface area contributed by atoms with Crippen LogP contribution in [0.1, 0.15) is 24.2 Å². The lowest BCUT2D eigenvalue weighted by molar-refractivity contribution is -0.111. The van der Waals surface area contributed by atoms with Crippen molar-refractivity contribution in [2.45, 2.75) is 13.8 Å². The number of carbonyl (C=O) groups is 2. The number of carbonyl (C=O) groups excluding carboxylic acids is 2. The van der Waals surface area contributed by atoms with Gasteiger partial charge < -0.3 is 0 Å². The van der Waals surface area contributed by atoms with Gasteiger partial charge in [0, 0.05) is 14.9 Å². The molecule has 1 aromatic carbocycles. The lowest BCUT2D eigenvalue weighted by atomic mass is 9.94. The first kappa shape index (κ1) is 15.9. The zero-order valence-corrected chi connectivity index (χ0v) is 13.5. The second-order valence-electron chi connectivity index (χ2n) is 4.63. The summed E-state index contributed by atoms with van der Waals surface area (Å²) in [6.45, 7) is 3.29. The molecular weight excluding hydrogens is 348 g/mol. The summed E-state index contributed by atoms with van der Waals surface area (Å²) < 4.78 is 0.859. The van der Waals surface area contributed by atoms with Crippen LogP contribution < -0.4 is 0 Å². The lowest BCUT2D eigenvalue weighted by Crippen LogP contribution is -2.17. The van der Waals surface area contributed by atoms with Gasteiger partial charge in [-0.3, -0.25) is 9.59 Å². The molecule has 0 spiro atoms. The summed E-state index contributed by atoms with van der Waals surface area (Å²) in [7, 11) is 0. The minimum Gasteiger partial charge on any atom is -0.289 e. The van der Waals surface area contributed by atoms with Crippen LogP contribution in [-0.4, -0.2) is 17.4 Å². The molecular formula is C15H11BrN4O2. The summed E-state index contributed by atoms with van der Waals surface area (Å²) in [5.74, 6) is -0.813. The Balaban J connectivity index is 2.47. The molecule has 0 bridgehead atoms. The number of rotatable bonds is 2. The first-order valence-corrected chi connectivity index (χ1v) is 7.11. The van der Waals surface area contributed by atoms with E-state index in [2.05, 4.69) is 30.9 Å². The predicted molar refractivity (Wildman–Crippen MR) is 86.5 cm³/mol. The Morgan fingerprint density at radius 3 is 2.45 bits per heavy atom. The van der Waals surface area contributed by atoms with Gasteiger partial charge in [-0.25, -0.2) is 4.99 Å². The van der Waals surface area contributed by atoms with Crippen molar-refractivity contribution in [2.24, 2.45) is 10.1 Å². The molecule has 0 radical (unpaired) electrons. The second-order valence-corrected chi connectivity index (χ2v) is 5.54. The van der Waals surface area contributed by atoms with Gasteiger partial charge in [0.2, 0.25) is 0 Å². The van der Waals surface area contributed by atoms with Gasteiger partial charge >= 0.3 is 0 Å². The predicted octanol–water partition coefficient (Wildman–Crippen LogP) is 4.14. The van der Waals surface area contributed by atoms with Crippen LogP contribution in [0.4, 0.5) is 0 Å². The Morgan fingerprint density at radius 2 is 1.86 bits per heavy atom. The summed E-state index contributed by atoms with van der Waals surface area (Å²) >= 11 is 3.30. The highest BCUT2D eigenvalue weighted by Gasteiger charge is 2.22. The van der Waals surface area contributed by atoms with Gasteiger partial charge in [-0.05, 0) is 60.9 Å². The summed E-state index contributed by atoms with van der Waals surface area (Å²) in [6.07, 6.45) is 1.31. The number of ketones is 1. The van der Waals surface area contributed by atoms with E-state index in [1.807, 2.05) is 0 Å². The molecule has 0 N–H and O–H groups in total. The third-order valence-corrected chi connectivity index (χ3v) is 3.64. The minimum absolute atomic E-state index is 0.0320. The Morgan fingerprint density at radius 1 is 1.23 bits per heavy atom. The first-order valence-electron chi connectivity index (χ1n) is 6.32. The van der Waals surface area contributed by atoms with Gasteiger partial charge in [-0.1, -0.05) is 21.0 Å². The molecule has 110 valence electrons. The van der Waals surface area contributed by atoms with E-state index in [0.717, 1.165) is 4.47 Å². The molecule has 2 rings (SSSR count). The van der Waals surface area contributed by atoms with Crippen molar-refractivity contribution in [2.75, 3.05) is 0 Å². The number of allylic oxidation sites excluding steroid dienone is 3. The molecule has 0 aliphatic heterocycles.